The lowest BCUT2D eigenvalue weighted by Gasteiger charge is -2.05. The Morgan fingerprint density at radius 1 is 1.65 bits per heavy atom. The average Bonchev–Trinajstić information content (AvgIpc) is 2.95. The lowest BCUT2D eigenvalue weighted by Crippen LogP contribution is -2.33. The van der Waals surface area contributed by atoms with E-state index in [0.717, 1.165) is 0 Å². The van der Waals surface area contributed by atoms with Gasteiger partial charge in [0, 0.05) is 0 Å². The van der Waals surface area contributed by atoms with Crippen molar-refractivity contribution in [3.05, 3.63) is 24.2 Å². The molecule has 0 unspecified atom stereocenters. The zero-order valence-electron chi connectivity index (χ0n) is 9.08. The molecular weight excluding hydrogens is 226 g/mol. The van der Waals surface area contributed by atoms with Crippen molar-refractivity contribution in [3.63, 3.8) is 0 Å². The molecular formula is C10H11N3O4. The number of rotatable bonds is 5. The molecule has 1 atom stereocenters. The molecule has 0 saturated carbocycles. The van der Waals surface area contributed by atoms with Gasteiger partial charge in [-0.15, -0.1) is 0 Å². The quantitative estimate of drug-likeness (QED) is 0.796. The molecule has 0 amide bonds. The molecule has 0 aliphatic carbocycles. The third-order valence-electron chi connectivity index (χ3n) is 2.14. The minimum Gasteiger partial charge on any atom is -0.480 e. The van der Waals surface area contributed by atoms with Gasteiger partial charge in [0.05, 0.1) is 12.8 Å². The highest BCUT2D eigenvalue weighted by molar-refractivity contribution is 5.72. The van der Waals surface area contributed by atoms with Crippen LogP contribution in [0.2, 0.25) is 0 Å². The lowest BCUT2D eigenvalue weighted by atomic mass is 10.3. The molecule has 0 spiro atoms. The van der Waals surface area contributed by atoms with Gasteiger partial charge in [-0.25, -0.2) is 0 Å². The fourth-order valence-electron chi connectivity index (χ4n) is 1.16. The summed E-state index contributed by atoms with van der Waals surface area (Å²) in [6, 6.07) is 2.75. The van der Waals surface area contributed by atoms with Crippen LogP contribution in [0.3, 0.4) is 0 Å². The average molecular weight is 237 g/mol. The van der Waals surface area contributed by atoms with Crippen molar-refractivity contribution < 1.29 is 18.8 Å². The molecule has 0 fully saturated rings. The zero-order chi connectivity index (χ0) is 12.3. The summed E-state index contributed by atoms with van der Waals surface area (Å²) in [6.07, 6.45) is 1.50. The summed E-state index contributed by atoms with van der Waals surface area (Å²) < 4.78 is 10.0. The molecule has 0 aliphatic rings. The Labute approximate surface area is 96.4 Å². The van der Waals surface area contributed by atoms with Crippen molar-refractivity contribution in [1.82, 2.24) is 15.5 Å². The number of aliphatic carboxylic acids is 1. The van der Waals surface area contributed by atoms with E-state index in [1.807, 2.05) is 0 Å². The summed E-state index contributed by atoms with van der Waals surface area (Å²) in [5, 5.41) is 15.1. The third-order valence-corrected chi connectivity index (χ3v) is 2.14. The smallest absolute Gasteiger partial charge is 0.320 e. The van der Waals surface area contributed by atoms with Crippen LogP contribution in [0.25, 0.3) is 11.7 Å². The molecule has 17 heavy (non-hydrogen) atoms. The fourth-order valence-corrected chi connectivity index (χ4v) is 1.16. The highest BCUT2D eigenvalue weighted by Gasteiger charge is 2.14. The molecule has 7 heteroatoms. The first-order valence-electron chi connectivity index (χ1n) is 4.99. The van der Waals surface area contributed by atoms with Gasteiger partial charge >= 0.3 is 5.97 Å². The van der Waals surface area contributed by atoms with Gasteiger partial charge in [0.1, 0.15) is 6.04 Å². The molecule has 2 heterocycles. The Kier molecular flexibility index (Phi) is 3.20. The summed E-state index contributed by atoms with van der Waals surface area (Å²) >= 11 is 0. The number of hydrogen-bond donors (Lipinski definition) is 2. The Morgan fingerprint density at radius 3 is 3.12 bits per heavy atom. The van der Waals surface area contributed by atoms with Gasteiger partial charge in [0.15, 0.2) is 11.6 Å². The van der Waals surface area contributed by atoms with E-state index in [-0.39, 0.29) is 12.4 Å². The van der Waals surface area contributed by atoms with Crippen LogP contribution in [0.5, 0.6) is 0 Å². The number of carbonyl (C=O) groups is 1. The maximum absolute atomic E-state index is 10.6. The predicted molar refractivity (Wildman–Crippen MR) is 55.9 cm³/mol. The molecule has 7 nitrogen and oxygen atoms in total. The molecule has 0 saturated heterocycles. The molecule has 0 aromatic carbocycles. The fraction of sp³-hybridized carbons (Fsp3) is 0.300. The van der Waals surface area contributed by atoms with Crippen LogP contribution in [-0.4, -0.2) is 27.3 Å². The van der Waals surface area contributed by atoms with Crippen molar-refractivity contribution in [2.75, 3.05) is 0 Å². The SMILES string of the molecule is C[C@@H](NCc1noc(-c2ccco2)n1)C(=O)O. The molecule has 90 valence electrons. The number of carboxylic acid groups (broad SMARTS) is 1. The molecule has 2 aromatic rings. The van der Waals surface area contributed by atoms with Crippen molar-refractivity contribution in [2.24, 2.45) is 0 Å². The normalized spacial score (nSPS) is 12.5. The van der Waals surface area contributed by atoms with Gasteiger partial charge in [-0.2, -0.15) is 4.98 Å². The van der Waals surface area contributed by atoms with Crippen molar-refractivity contribution in [2.45, 2.75) is 19.5 Å². The van der Waals surface area contributed by atoms with E-state index in [1.165, 1.54) is 13.2 Å². The van der Waals surface area contributed by atoms with Crippen LogP contribution in [0.15, 0.2) is 27.3 Å². The second kappa shape index (κ2) is 4.79. The van der Waals surface area contributed by atoms with Crippen molar-refractivity contribution in [1.29, 1.82) is 0 Å². The van der Waals surface area contributed by atoms with Crippen LogP contribution in [0.1, 0.15) is 12.7 Å². The third kappa shape index (κ3) is 2.70. The summed E-state index contributed by atoms with van der Waals surface area (Å²) in [5.74, 6) is 0.203. The van der Waals surface area contributed by atoms with Crippen LogP contribution in [0.4, 0.5) is 0 Å². The van der Waals surface area contributed by atoms with Gasteiger partial charge in [-0.05, 0) is 19.1 Å². The summed E-state index contributed by atoms with van der Waals surface area (Å²) in [7, 11) is 0. The first kappa shape index (κ1) is 11.3. The number of nitrogens with zero attached hydrogens (tertiary/aromatic N) is 2. The Bertz CT molecular complexity index is 491. The van der Waals surface area contributed by atoms with E-state index in [0.29, 0.717) is 11.6 Å². The number of aromatic nitrogens is 2. The highest BCUT2D eigenvalue weighted by atomic mass is 16.5. The van der Waals surface area contributed by atoms with E-state index in [4.69, 9.17) is 14.0 Å². The van der Waals surface area contributed by atoms with E-state index >= 15 is 0 Å². The predicted octanol–water partition coefficient (Wildman–Crippen LogP) is 0.892. The first-order chi connectivity index (χ1) is 8.16. The van der Waals surface area contributed by atoms with E-state index in [1.54, 1.807) is 12.1 Å². The molecule has 2 rings (SSSR count). The van der Waals surface area contributed by atoms with Crippen molar-refractivity contribution in [3.8, 4) is 11.7 Å². The summed E-state index contributed by atoms with van der Waals surface area (Å²) in [4.78, 5) is 14.6. The van der Waals surface area contributed by atoms with Gasteiger partial charge in [0.25, 0.3) is 5.89 Å². The first-order valence-corrected chi connectivity index (χ1v) is 4.99. The van der Waals surface area contributed by atoms with Crippen LogP contribution in [-0.2, 0) is 11.3 Å². The Morgan fingerprint density at radius 2 is 2.47 bits per heavy atom. The number of carboxylic acids is 1. The van der Waals surface area contributed by atoms with E-state index in [9.17, 15) is 4.79 Å². The van der Waals surface area contributed by atoms with E-state index in [2.05, 4.69) is 15.5 Å². The number of hydrogen-bond acceptors (Lipinski definition) is 6. The Hall–Kier alpha value is -2.15. The maximum Gasteiger partial charge on any atom is 0.320 e. The molecule has 0 bridgehead atoms. The van der Waals surface area contributed by atoms with Crippen LogP contribution >= 0.6 is 0 Å². The second-order valence-electron chi connectivity index (χ2n) is 3.43. The summed E-state index contributed by atoms with van der Waals surface area (Å²) in [5.41, 5.74) is 0. The molecule has 2 N–H and O–H groups in total. The van der Waals surface area contributed by atoms with E-state index < -0.39 is 12.0 Å². The summed E-state index contributed by atoms with van der Waals surface area (Å²) in [6.45, 7) is 1.76. The second-order valence-corrected chi connectivity index (χ2v) is 3.43. The number of nitrogens with one attached hydrogen (secondary N) is 1. The van der Waals surface area contributed by atoms with Gasteiger partial charge in [-0.3, -0.25) is 10.1 Å². The maximum atomic E-state index is 10.6. The largest absolute Gasteiger partial charge is 0.480 e. The molecule has 0 aliphatic heterocycles. The Balaban J connectivity index is 1.97. The topological polar surface area (TPSA) is 101 Å². The van der Waals surface area contributed by atoms with Gasteiger partial charge in [-0.1, -0.05) is 5.16 Å². The molecule has 2 aromatic heterocycles. The molecule has 0 radical (unpaired) electrons. The van der Waals surface area contributed by atoms with Crippen molar-refractivity contribution >= 4 is 5.97 Å². The standard InChI is InChI=1S/C10H11N3O4/c1-6(10(14)15)11-5-8-12-9(17-13-8)7-3-2-4-16-7/h2-4,6,11H,5H2,1H3,(H,14,15)/t6-/m1/s1. The monoisotopic (exact) mass is 237 g/mol. The van der Waals surface area contributed by atoms with Crippen LogP contribution < -0.4 is 5.32 Å². The number of furan rings is 1. The minimum atomic E-state index is -0.931. The lowest BCUT2D eigenvalue weighted by molar-refractivity contribution is -0.139. The zero-order valence-corrected chi connectivity index (χ0v) is 9.08. The minimum absolute atomic E-state index is 0.220. The van der Waals surface area contributed by atoms with Gasteiger partial charge < -0.3 is 14.0 Å². The van der Waals surface area contributed by atoms with Gasteiger partial charge in [0.2, 0.25) is 0 Å². The van der Waals surface area contributed by atoms with Crippen LogP contribution in [0, 0.1) is 0 Å². The highest BCUT2D eigenvalue weighted by Crippen LogP contribution is 2.16.